The van der Waals surface area contributed by atoms with Gasteiger partial charge in [-0.1, -0.05) is 13.8 Å². The number of hydrogen-bond acceptors (Lipinski definition) is 4. The van der Waals surface area contributed by atoms with Crippen molar-refractivity contribution >= 4 is 0 Å². The quantitative estimate of drug-likeness (QED) is 0.723. The number of rotatable bonds is 6. The van der Waals surface area contributed by atoms with Crippen LogP contribution in [0.2, 0.25) is 0 Å². The first-order chi connectivity index (χ1) is 7.62. The molecule has 0 amide bonds. The van der Waals surface area contributed by atoms with Gasteiger partial charge in [0, 0.05) is 39.9 Å². The van der Waals surface area contributed by atoms with Crippen LogP contribution in [-0.4, -0.2) is 64.1 Å². The molecule has 1 fully saturated rings. The molecule has 1 aliphatic heterocycles. The molecule has 1 saturated heterocycles. The smallest absolute Gasteiger partial charge is 0.0971 e. The van der Waals surface area contributed by atoms with E-state index in [9.17, 15) is 0 Å². The summed E-state index contributed by atoms with van der Waals surface area (Å²) in [5.41, 5.74) is 0. The molecule has 3 unspecified atom stereocenters. The SMILES string of the molecule is CNC(CN1CC(OC)C(OC)C1)C(C)C. The molecule has 0 bridgehead atoms. The first-order valence-corrected chi connectivity index (χ1v) is 6.07. The predicted octanol–water partition coefficient (Wildman–Crippen LogP) is 0.576. The number of nitrogens with zero attached hydrogens (tertiary/aromatic N) is 1. The van der Waals surface area contributed by atoms with E-state index in [1.165, 1.54) is 0 Å². The summed E-state index contributed by atoms with van der Waals surface area (Å²) in [6.45, 7) is 7.51. The maximum Gasteiger partial charge on any atom is 0.0971 e. The molecule has 4 heteroatoms. The second-order valence-electron chi connectivity index (χ2n) is 4.91. The summed E-state index contributed by atoms with van der Waals surface area (Å²) in [5.74, 6) is 0.646. The minimum Gasteiger partial charge on any atom is -0.377 e. The summed E-state index contributed by atoms with van der Waals surface area (Å²) in [4.78, 5) is 2.42. The predicted molar refractivity (Wildman–Crippen MR) is 65.7 cm³/mol. The highest BCUT2D eigenvalue weighted by molar-refractivity contribution is 4.88. The zero-order chi connectivity index (χ0) is 12.1. The van der Waals surface area contributed by atoms with Crippen LogP contribution in [-0.2, 0) is 9.47 Å². The average molecular weight is 230 g/mol. The van der Waals surface area contributed by atoms with Crippen LogP contribution in [0.5, 0.6) is 0 Å². The van der Waals surface area contributed by atoms with Gasteiger partial charge in [0.25, 0.3) is 0 Å². The zero-order valence-corrected chi connectivity index (χ0v) is 11.2. The highest BCUT2D eigenvalue weighted by atomic mass is 16.5. The lowest BCUT2D eigenvalue weighted by molar-refractivity contribution is -0.00461. The van der Waals surface area contributed by atoms with Gasteiger partial charge in [0.2, 0.25) is 0 Å². The third-order valence-electron chi connectivity index (χ3n) is 3.53. The monoisotopic (exact) mass is 230 g/mol. The molecule has 0 aromatic rings. The van der Waals surface area contributed by atoms with Crippen LogP contribution in [0.1, 0.15) is 13.8 Å². The summed E-state index contributed by atoms with van der Waals surface area (Å²) in [5, 5.41) is 3.37. The standard InChI is InChI=1S/C12H26N2O2/c1-9(2)10(13-3)6-14-7-11(15-4)12(8-14)16-5/h9-13H,6-8H2,1-5H3. The molecule has 0 aliphatic carbocycles. The molecule has 1 aliphatic rings. The Hall–Kier alpha value is -0.160. The van der Waals surface area contributed by atoms with E-state index >= 15 is 0 Å². The van der Waals surface area contributed by atoms with Gasteiger partial charge in [0.15, 0.2) is 0 Å². The van der Waals surface area contributed by atoms with Crippen molar-refractivity contribution in [2.24, 2.45) is 5.92 Å². The van der Waals surface area contributed by atoms with Gasteiger partial charge in [-0.25, -0.2) is 0 Å². The fraction of sp³-hybridized carbons (Fsp3) is 1.00. The van der Waals surface area contributed by atoms with Crippen LogP contribution in [0.25, 0.3) is 0 Å². The van der Waals surface area contributed by atoms with Crippen LogP contribution < -0.4 is 5.32 Å². The normalized spacial score (nSPS) is 28.9. The van der Waals surface area contributed by atoms with Crippen molar-refractivity contribution < 1.29 is 9.47 Å². The van der Waals surface area contributed by atoms with Gasteiger partial charge in [0.05, 0.1) is 12.2 Å². The Morgan fingerprint density at radius 1 is 1.19 bits per heavy atom. The Morgan fingerprint density at radius 3 is 2.00 bits per heavy atom. The lowest BCUT2D eigenvalue weighted by Crippen LogP contribution is -2.42. The second kappa shape index (κ2) is 6.55. The molecule has 96 valence electrons. The largest absolute Gasteiger partial charge is 0.377 e. The average Bonchev–Trinajstić information content (AvgIpc) is 2.67. The van der Waals surface area contributed by atoms with Crippen LogP contribution in [0.4, 0.5) is 0 Å². The van der Waals surface area contributed by atoms with Gasteiger partial charge in [-0.15, -0.1) is 0 Å². The third kappa shape index (κ3) is 3.42. The minimum absolute atomic E-state index is 0.217. The molecule has 3 atom stereocenters. The first kappa shape index (κ1) is 13.9. The number of ether oxygens (including phenoxy) is 2. The molecule has 1 N–H and O–H groups in total. The number of nitrogens with one attached hydrogen (secondary N) is 1. The molecule has 16 heavy (non-hydrogen) atoms. The van der Waals surface area contributed by atoms with Crippen LogP contribution in [0.3, 0.4) is 0 Å². The summed E-state index contributed by atoms with van der Waals surface area (Å²) in [6.07, 6.45) is 0.435. The van der Waals surface area contributed by atoms with Gasteiger partial charge in [0.1, 0.15) is 0 Å². The Morgan fingerprint density at radius 2 is 1.69 bits per heavy atom. The van der Waals surface area contributed by atoms with Crippen LogP contribution >= 0.6 is 0 Å². The van der Waals surface area contributed by atoms with Crippen molar-refractivity contribution in [1.29, 1.82) is 0 Å². The molecule has 0 radical (unpaired) electrons. The van der Waals surface area contributed by atoms with E-state index in [0.29, 0.717) is 12.0 Å². The molecule has 1 heterocycles. The topological polar surface area (TPSA) is 33.7 Å². The minimum atomic E-state index is 0.217. The lowest BCUT2D eigenvalue weighted by Gasteiger charge is -2.26. The Kier molecular flexibility index (Phi) is 5.69. The summed E-state index contributed by atoms with van der Waals surface area (Å²) in [6, 6.07) is 0.535. The van der Waals surface area contributed by atoms with Crippen LogP contribution in [0, 0.1) is 5.92 Å². The van der Waals surface area contributed by atoms with Gasteiger partial charge in [-0.05, 0) is 13.0 Å². The number of likely N-dealkylation sites (tertiary alicyclic amines) is 1. The van der Waals surface area contributed by atoms with Gasteiger partial charge in [-0.3, -0.25) is 4.90 Å². The molecule has 0 saturated carbocycles. The van der Waals surface area contributed by atoms with E-state index < -0.39 is 0 Å². The molecule has 4 nitrogen and oxygen atoms in total. The lowest BCUT2D eigenvalue weighted by atomic mass is 10.0. The highest BCUT2D eigenvalue weighted by Crippen LogP contribution is 2.17. The molecular weight excluding hydrogens is 204 g/mol. The van der Waals surface area contributed by atoms with E-state index in [0.717, 1.165) is 19.6 Å². The summed E-state index contributed by atoms with van der Waals surface area (Å²) < 4.78 is 10.9. The van der Waals surface area contributed by atoms with Gasteiger partial charge < -0.3 is 14.8 Å². The molecule has 0 spiro atoms. The second-order valence-corrected chi connectivity index (χ2v) is 4.91. The van der Waals surface area contributed by atoms with E-state index in [1.807, 2.05) is 7.05 Å². The Bertz CT molecular complexity index is 187. The first-order valence-electron chi connectivity index (χ1n) is 6.07. The van der Waals surface area contributed by atoms with Gasteiger partial charge in [-0.2, -0.15) is 0 Å². The van der Waals surface area contributed by atoms with Crippen molar-refractivity contribution in [3.63, 3.8) is 0 Å². The van der Waals surface area contributed by atoms with Crippen molar-refractivity contribution in [3.8, 4) is 0 Å². The van der Waals surface area contributed by atoms with E-state index in [4.69, 9.17) is 9.47 Å². The maximum absolute atomic E-state index is 5.43. The molecular formula is C12H26N2O2. The fourth-order valence-corrected chi connectivity index (χ4v) is 2.33. The van der Waals surface area contributed by atoms with E-state index in [2.05, 4.69) is 24.1 Å². The van der Waals surface area contributed by atoms with Crippen molar-refractivity contribution in [2.45, 2.75) is 32.1 Å². The van der Waals surface area contributed by atoms with E-state index in [1.54, 1.807) is 14.2 Å². The van der Waals surface area contributed by atoms with Gasteiger partial charge >= 0.3 is 0 Å². The number of likely N-dealkylation sites (N-methyl/N-ethyl adjacent to an activating group) is 1. The van der Waals surface area contributed by atoms with Crippen molar-refractivity contribution in [3.05, 3.63) is 0 Å². The summed E-state index contributed by atoms with van der Waals surface area (Å²) in [7, 11) is 5.55. The van der Waals surface area contributed by atoms with Crippen molar-refractivity contribution in [1.82, 2.24) is 10.2 Å². The number of hydrogen-bond donors (Lipinski definition) is 1. The van der Waals surface area contributed by atoms with Crippen LogP contribution in [0.15, 0.2) is 0 Å². The molecule has 1 rings (SSSR count). The third-order valence-corrected chi connectivity index (χ3v) is 3.53. The highest BCUT2D eigenvalue weighted by Gasteiger charge is 2.33. The van der Waals surface area contributed by atoms with E-state index in [-0.39, 0.29) is 12.2 Å². The molecule has 0 aromatic carbocycles. The fourth-order valence-electron chi connectivity index (χ4n) is 2.33. The molecule has 0 aromatic heterocycles. The maximum atomic E-state index is 5.43. The Balaban J connectivity index is 2.45. The Labute approximate surface area is 99.3 Å². The number of methoxy groups -OCH3 is 2. The zero-order valence-electron chi connectivity index (χ0n) is 11.2. The van der Waals surface area contributed by atoms with Crippen molar-refractivity contribution in [2.75, 3.05) is 40.9 Å². The summed E-state index contributed by atoms with van der Waals surface area (Å²) >= 11 is 0.